The molecule has 1 heterocycles. The lowest BCUT2D eigenvalue weighted by molar-refractivity contribution is 0.0339. The molecule has 3 nitrogen and oxygen atoms in total. The Morgan fingerprint density at radius 2 is 1.82 bits per heavy atom. The number of aryl methyl sites for hydroxylation is 2. The van der Waals surface area contributed by atoms with E-state index in [-0.39, 0.29) is 0 Å². The zero-order valence-electron chi connectivity index (χ0n) is 14.1. The molecule has 1 N–H and O–H groups in total. The summed E-state index contributed by atoms with van der Waals surface area (Å²) in [6, 6.07) is 8.04. The molecule has 2 atom stereocenters. The summed E-state index contributed by atoms with van der Waals surface area (Å²) in [4.78, 5) is 2.50. The van der Waals surface area contributed by atoms with Crippen molar-refractivity contribution in [3.05, 3.63) is 34.9 Å². The maximum atomic E-state index is 5.42. The number of hydrogen-bond donors (Lipinski definition) is 1. The first-order valence-corrected chi connectivity index (χ1v) is 8.90. The maximum Gasteiger partial charge on any atom is 0.0594 e. The van der Waals surface area contributed by atoms with Crippen molar-refractivity contribution in [3.63, 3.8) is 0 Å². The number of ether oxygens (including phenoxy) is 1. The average Bonchev–Trinajstić information content (AvgIpc) is 2.55. The van der Waals surface area contributed by atoms with Crippen LogP contribution in [-0.2, 0) is 17.6 Å². The van der Waals surface area contributed by atoms with E-state index in [4.69, 9.17) is 4.74 Å². The van der Waals surface area contributed by atoms with Crippen molar-refractivity contribution in [1.29, 1.82) is 0 Å². The van der Waals surface area contributed by atoms with Crippen LogP contribution >= 0.6 is 0 Å². The molecule has 22 heavy (non-hydrogen) atoms. The smallest absolute Gasteiger partial charge is 0.0594 e. The second kappa shape index (κ2) is 7.58. The van der Waals surface area contributed by atoms with Gasteiger partial charge in [0.05, 0.1) is 13.2 Å². The van der Waals surface area contributed by atoms with Crippen LogP contribution < -0.4 is 5.32 Å². The molecule has 1 saturated heterocycles. The lowest BCUT2D eigenvalue weighted by Gasteiger charge is -2.31. The van der Waals surface area contributed by atoms with Gasteiger partial charge >= 0.3 is 0 Å². The number of hydrogen-bond acceptors (Lipinski definition) is 3. The van der Waals surface area contributed by atoms with Crippen molar-refractivity contribution in [2.45, 2.75) is 51.6 Å². The fourth-order valence-electron chi connectivity index (χ4n) is 3.77. The highest BCUT2D eigenvalue weighted by atomic mass is 16.5. The van der Waals surface area contributed by atoms with Crippen LogP contribution in [0, 0.1) is 0 Å². The van der Waals surface area contributed by atoms with Crippen LogP contribution in [0.4, 0.5) is 0 Å². The Labute approximate surface area is 135 Å². The van der Waals surface area contributed by atoms with Crippen LogP contribution in [-0.4, -0.2) is 43.8 Å². The third-order valence-electron chi connectivity index (χ3n) is 5.04. The molecule has 3 rings (SSSR count). The molecule has 2 unspecified atom stereocenters. The van der Waals surface area contributed by atoms with Crippen molar-refractivity contribution in [1.82, 2.24) is 10.2 Å². The largest absolute Gasteiger partial charge is 0.379 e. The Kier molecular flexibility index (Phi) is 5.51. The Morgan fingerprint density at radius 3 is 2.59 bits per heavy atom. The molecule has 0 bridgehead atoms. The summed E-state index contributed by atoms with van der Waals surface area (Å²) in [7, 11) is 0. The molecular weight excluding hydrogens is 272 g/mol. The lowest BCUT2D eigenvalue weighted by atomic mass is 9.89. The normalized spacial score (nSPS) is 22.1. The van der Waals surface area contributed by atoms with E-state index in [0.29, 0.717) is 12.1 Å². The lowest BCUT2D eigenvalue weighted by Crippen LogP contribution is -2.45. The van der Waals surface area contributed by atoms with Gasteiger partial charge in [-0.15, -0.1) is 0 Å². The molecule has 0 saturated carbocycles. The quantitative estimate of drug-likeness (QED) is 0.905. The van der Waals surface area contributed by atoms with Gasteiger partial charge in [0.1, 0.15) is 0 Å². The van der Waals surface area contributed by atoms with Crippen LogP contribution in [0.1, 0.15) is 49.4 Å². The molecule has 3 heteroatoms. The summed E-state index contributed by atoms with van der Waals surface area (Å²) in [5.74, 6) is 0. The van der Waals surface area contributed by atoms with Crippen molar-refractivity contribution < 1.29 is 4.74 Å². The fraction of sp³-hybridized carbons (Fsp3) is 0.684. The summed E-state index contributed by atoms with van der Waals surface area (Å²) in [6.45, 7) is 9.60. The van der Waals surface area contributed by atoms with Crippen LogP contribution in [0.3, 0.4) is 0 Å². The zero-order chi connectivity index (χ0) is 15.4. The average molecular weight is 302 g/mol. The molecular formula is C19H30N2O. The molecule has 1 aliphatic heterocycles. The predicted octanol–water partition coefficient (Wildman–Crippen LogP) is 2.94. The third kappa shape index (κ3) is 4.09. The van der Waals surface area contributed by atoms with Crippen LogP contribution in [0.15, 0.2) is 18.2 Å². The molecule has 1 aromatic carbocycles. The number of nitrogens with zero attached hydrogens (tertiary/aromatic N) is 1. The first kappa shape index (κ1) is 16.0. The Balaban J connectivity index is 1.55. The second-order valence-corrected chi connectivity index (χ2v) is 6.94. The minimum Gasteiger partial charge on any atom is -0.379 e. The van der Waals surface area contributed by atoms with Crippen molar-refractivity contribution >= 4 is 0 Å². The Hall–Kier alpha value is -0.900. The standard InChI is InChI=1S/C19H30N2O/c1-15(14-21-9-11-22-12-10-21)20-16(2)18-8-7-17-5-3-4-6-19(17)13-18/h7-8,13,15-16,20H,3-6,9-12,14H2,1-2H3. The van der Waals surface area contributed by atoms with Crippen LogP contribution in [0.2, 0.25) is 0 Å². The van der Waals surface area contributed by atoms with Gasteiger partial charge < -0.3 is 10.1 Å². The van der Waals surface area contributed by atoms with Crippen molar-refractivity contribution in [3.8, 4) is 0 Å². The maximum absolute atomic E-state index is 5.42. The molecule has 0 radical (unpaired) electrons. The van der Waals surface area contributed by atoms with Gasteiger partial charge in [0.15, 0.2) is 0 Å². The van der Waals surface area contributed by atoms with E-state index < -0.39 is 0 Å². The van der Waals surface area contributed by atoms with E-state index in [9.17, 15) is 0 Å². The first-order valence-electron chi connectivity index (χ1n) is 8.90. The van der Waals surface area contributed by atoms with Crippen molar-refractivity contribution in [2.75, 3.05) is 32.8 Å². The van der Waals surface area contributed by atoms with E-state index in [1.807, 2.05) is 0 Å². The predicted molar refractivity (Wildman–Crippen MR) is 91.4 cm³/mol. The monoisotopic (exact) mass is 302 g/mol. The van der Waals surface area contributed by atoms with Gasteiger partial charge in [0.25, 0.3) is 0 Å². The van der Waals surface area contributed by atoms with E-state index >= 15 is 0 Å². The second-order valence-electron chi connectivity index (χ2n) is 6.94. The van der Waals surface area contributed by atoms with E-state index in [1.54, 1.807) is 11.1 Å². The highest BCUT2D eigenvalue weighted by Gasteiger charge is 2.17. The summed E-state index contributed by atoms with van der Waals surface area (Å²) in [6.07, 6.45) is 5.24. The summed E-state index contributed by atoms with van der Waals surface area (Å²) in [5, 5.41) is 3.77. The number of nitrogens with one attached hydrogen (secondary N) is 1. The Bertz CT molecular complexity index is 482. The Morgan fingerprint density at radius 1 is 1.09 bits per heavy atom. The number of morpholine rings is 1. The molecule has 0 aromatic heterocycles. The first-order chi connectivity index (χ1) is 10.7. The molecule has 2 aliphatic rings. The molecule has 122 valence electrons. The number of benzene rings is 1. The molecule has 1 aliphatic carbocycles. The number of rotatable bonds is 5. The van der Waals surface area contributed by atoms with Crippen LogP contribution in [0.5, 0.6) is 0 Å². The summed E-state index contributed by atoms with van der Waals surface area (Å²) >= 11 is 0. The van der Waals surface area contributed by atoms with E-state index in [1.165, 1.54) is 31.2 Å². The van der Waals surface area contributed by atoms with Gasteiger partial charge in [0, 0.05) is 31.7 Å². The zero-order valence-corrected chi connectivity index (χ0v) is 14.1. The number of fused-ring (bicyclic) bond motifs is 1. The van der Waals surface area contributed by atoms with Crippen LogP contribution in [0.25, 0.3) is 0 Å². The highest BCUT2D eigenvalue weighted by molar-refractivity contribution is 5.35. The van der Waals surface area contributed by atoms with Gasteiger partial charge in [-0.25, -0.2) is 0 Å². The van der Waals surface area contributed by atoms with Gasteiger partial charge in [-0.3, -0.25) is 4.90 Å². The van der Waals surface area contributed by atoms with Gasteiger partial charge in [-0.05, 0) is 56.2 Å². The van der Waals surface area contributed by atoms with E-state index in [0.717, 1.165) is 32.8 Å². The molecule has 0 amide bonds. The minimum absolute atomic E-state index is 0.420. The molecule has 1 aromatic rings. The molecule has 1 fully saturated rings. The minimum atomic E-state index is 0.420. The third-order valence-corrected chi connectivity index (χ3v) is 5.04. The fourth-order valence-corrected chi connectivity index (χ4v) is 3.77. The topological polar surface area (TPSA) is 24.5 Å². The SMILES string of the molecule is CC(CN1CCOCC1)NC(C)c1ccc2c(c1)CCCC2. The molecule has 0 spiro atoms. The van der Waals surface area contributed by atoms with Crippen molar-refractivity contribution in [2.24, 2.45) is 0 Å². The van der Waals surface area contributed by atoms with Gasteiger partial charge in [0.2, 0.25) is 0 Å². The van der Waals surface area contributed by atoms with Gasteiger partial charge in [-0.1, -0.05) is 18.2 Å². The van der Waals surface area contributed by atoms with Gasteiger partial charge in [-0.2, -0.15) is 0 Å². The summed E-state index contributed by atoms with van der Waals surface area (Å²) in [5.41, 5.74) is 4.59. The summed E-state index contributed by atoms with van der Waals surface area (Å²) < 4.78 is 5.42. The highest BCUT2D eigenvalue weighted by Crippen LogP contribution is 2.25. The van der Waals surface area contributed by atoms with E-state index in [2.05, 4.69) is 42.3 Å².